The molecule has 0 spiro atoms. The van der Waals surface area contributed by atoms with Crippen LogP contribution in [0.3, 0.4) is 0 Å². The van der Waals surface area contributed by atoms with Gasteiger partial charge >= 0.3 is 0 Å². The fourth-order valence-electron chi connectivity index (χ4n) is 2.38. The van der Waals surface area contributed by atoms with Gasteiger partial charge in [-0.15, -0.1) is 0 Å². The Morgan fingerprint density at radius 1 is 1.37 bits per heavy atom. The van der Waals surface area contributed by atoms with E-state index in [2.05, 4.69) is 22.0 Å². The van der Waals surface area contributed by atoms with Crippen LogP contribution in [0.25, 0.3) is 0 Å². The van der Waals surface area contributed by atoms with Crippen molar-refractivity contribution in [2.24, 2.45) is 5.92 Å². The van der Waals surface area contributed by atoms with Crippen LogP contribution in [0.4, 0.5) is 5.82 Å². The van der Waals surface area contributed by atoms with Gasteiger partial charge in [0.2, 0.25) is 0 Å². The van der Waals surface area contributed by atoms with Crippen molar-refractivity contribution < 1.29 is 0 Å². The highest BCUT2D eigenvalue weighted by atomic mass is 35.5. The van der Waals surface area contributed by atoms with Gasteiger partial charge in [0.15, 0.2) is 0 Å². The molecule has 1 aromatic heterocycles. The minimum absolute atomic E-state index is 0.476. The van der Waals surface area contributed by atoms with Crippen molar-refractivity contribution >= 4 is 17.4 Å². The second-order valence-corrected chi connectivity index (χ2v) is 5.59. The van der Waals surface area contributed by atoms with Gasteiger partial charge in [0.05, 0.1) is 12.2 Å². The molecule has 4 heteroatoms. The Labute approximate surface area is 118 Å². The van der Waals surface area contributed by atoms with E-state index in [1.165, 1.54) is 12.8 Å². The quantitative estimate of drug-likeness (QED) is 0.890. The summed E-state index contributed by atoms with van der Waals surface area (Å²) in [6, 6.07) is 10.4. The zero-order chi connectivity index (χ0) is 13.2. The van der Waals surface area contributed by atoms with Crippen LogP contribution < -0.4 is 5.32 Å². The summed E-state index contributed by atoms with van der Waals surface area (Å²) in [5, 5.41) is 8.67. The summed E-state index contributed by atoms with van der Waals surface area (Å²) in [5.74, 6) is 1.86. The molecular formula is C15H18ClN3. The smallest absolute Gasteiger partial charge is 0.124 e. The molecule has 1 N–H and O–H groups in total. The number of nitrogens with zero attached hydrogens (tertiary/aromatic N) is 2. The molecule has 0 radical (unpaired) electrons. The summed E-state index contributed by atoms with van der Waals surface area (Å²) in [4.78, 5) is 0. The third-order valence-electron chi connectivity index (χ3n) is 3.78. The van der Waals surface area contributed by atoms with Crippen molar-refractivity contribution in [1.29, 1.82) is 0 Å². The van der Waals surface area contributed by atoms with Crippen LogP contribution in [0, 0.1) is 5.92 Å². The molecule has 1 fully saturated rings. The van der Waals surface area contributed by atoms with Crippen LogP contribution in [0.5, 0.6) is 0 Å². The van der Waals surface area contributed by atoms with Gasteiger partial charge in [-0.2, -0.15) is 5.10 Å². The monoisotopic (exact) mass is 275 g/mol. The Bertz CT molecular complexity index is 560. The molecule has 3 rings (SSSR count). The van der Waals surface area contributed by atoms with E-state index in [1.807, 2.05) is 36.5 Å². The Balaban J connectivity index is 1.70. The molecular weight excluding hydrogens is 258 g/mol. The first-order valence-corrected chi connectivity index (χ1v) is 7.14. The van der Waals surface area contributed by atoms with Crippen LogP contribution in [-0.4, -0.2) is 9.78 Å². The molecule has 0 aliphatic heterocycles. The molecule has 1 aliphatic rings. The highest BCUT2D eigenvalue weighted by Crippen LogP contribution is 2.40. The first-order chi connectivity index (χ1) is 9.25. The van der Waals surface area contributed by atoms with Crippen LogP contribution in [0.15, 0.2) is 36.5 Å². The maximum Gasteiger partial charge on any atom is 0.124 e. The van der Waals surface area contributed by atoms with E-state index in [1.54, 1.807) is 0 Å². The van der Waals surface area contributed by atoms with Crippen molar-refractivity contribution in [3.05, 3.63) is 47.1 Å². The van der Waals surface area contributed by atoms with Crippen molar-refractivity contribution in [2.75, 3.05) is 5.32 Å². The molecule has 1 saturated carbocycles. The Hall–Kier alpha value is -1.48. The largest absolute Gasteiger partial charge is 0.366 e. The molecule has 100 valence electrons. The standard InChI is InChI=1S/C15H18ClN3/c1-11(12-6-7-12)19-15(8-9-18-19)17-10-13-4-2-3-5-14(13)16/h2-5,8-9,11-12,17H,6-7,10H2,1H3/t11-/m0/s1. The van der Waals surface area contributed by atoms with Gasteiger partial charge in [-0.25, -0.2) is 4.68 Å². The number of benzene rings is 1. The minimum atomic E-state index is 0.476. The number of hydrogen-bond acceptors (Lipinski definition) is 2. The average Bonchev–Trinajstić information content (AvgIpc) is 3.16. The van der Waals surface area contributed by atoms with Gasteiger partial charge in [0, 0.05) is 17.6 Å². The summed E-state index contributed by atoms with van der Waals surface area (Å²) < 4.78 is 2.09. The number of anilines is 1. The molecule has 1 aromatic carbocycles. The molecule has 1 heterocycles. The fraction of sp³-hybridized carbons (Fsp3) is 0.400. The third-order valence-corrected chi connectivity index (χ3v) is 4.15. The van der Waals surface area contributed by atoms with E-state index in [4.69, 9.17) is 11.6 Å². The van der Waals surface area contributed by atoms with Crippen molar-refractivity contribution in [2.45, 2.75) is 32.4 Å². The lowest BCUT2D eigenvalue weighted by Crippen LogP contribution is -2.13. The van der Waals surface area contributed by atoms with Crippen molar-refractivity contribution in [1.82, 2.24) is 9.78 Å². The van der Waals surface area contributed by atoms with Gasteiger partial charge in [0.25, 0.3) is 0 Å². The Morgan fingerprint density at radius 2 is 2.16 bits per heavy atom. The van der Waals surface area contributed by atoms with Crippen LogP contribution in [0.1, 0.15) is 31.4 Å². The van der Waals surface area contributed by atoms with Crippen molar-refractivity contribution in [3.63, 3.8) is 0 Å². The molecule has 0 bridgehead atoms. The molecule has 3 nitrogen and oxygen atoms in total. The average molecular weight is 276 g/mol. The van der Waals surface area contributed by atoms with E-state index in [0.717, 1.165) is 28.9 Å². The predicted molar refractivity (Wildman–Crippen MR) is 78.4 cm³/mol. The van der Waals surface area contributed by atoms with Crippen molar-refractivity contribution in [3.8, 4) is 0 Å². The molecule has 1 aliphatic carbocycles. The highest BCUT2D eigenvalue weighted by molar-refractivity contribution is 6.31. The zero-order valence-electron chi connectivity index (χ0n) is 11.0. The molecule has 19 heavy (non-hydrogen) atoms. The first kappa shape index (κ1) is 12.5. The first-order valence-electron chi connectivity index (χ1n) is 6.76. The van der Waals surface area contributed by atoms with E-state index < -0.39 is 0 Å². The molecule has 0 saturated heterocycles. The number of hydrogen-bond donors (Lipinski definition) is 1. The zero-order valence-corrected chi connectivity index (χ0v) is 11.8. The summed E-state index contributed by atoms with van der Waals surface area (Å²) in [6.07, 6.45) is 4.50. The Kier molecular flexibility index (Phi) is 3.47. The van der Waals surface area contributed by atoms with Gasteiger partial charge in [0.1, 0.15) is 5.82 Å². The fourth-order valence-corrected chi connectivity index (χ4v) is 2.59. The molecule has 2 aromatic rings. The van der Waals surface area contributed by atoms with Gasteiger partial charge in [-0.05, 0) is 37.3 Å². The molecule has 1 atom stereocenters. The van der Waals surface area contributed by atoms with Crippen LogP contribution in [0.2, 0.25) is 5.02 Å². The van der Waals surface area contributed by atoms with Gasteiger partial charge in [-0.1, -0.05) is 29.8 Å². The maximum atomic E-state index is 6.16. The SMILES string of the molecule is C[C@@H](C1CC1)n1nccc1NCc1ccccc1Cl. The summed E-state index contributed by atoms with van der Waals surface area (Å²) in [7, 11) is 0. The predicted octanol–water partition coefficient (Wildman–Crippen LogP) is 4.12. The van der Waals surface area contributed by atoms with Gasteiger partial charge in [-0.3, -0.25) is 0 Å². The Morgan fingerprint density at radius 3 is 2.89 bits per heavy atom. The normalized spacial score (nSPS) is 16.3. The minimum Gasteiger partial charge on any atom is -0.366 e. The topological polar surface area (TPSA) is 29.9 Å². The lowest BCUT2D eigenvalue weighted by Gasteiger charge is -2.16. The van der Waals surface area contributed by atoms with Crippen LogP contribution >= 0.6 is 11.6 Å². The van der Waals surface area contributed by atoms with E-state index >= 15 is 0 Å². The number of aromatic nitrogens is 2. The van der Waals surface area contributed by atoms with Crippen LogP contribution in [-0.2, 0) is 6.54 Å². The second kappa shape index (κ2) is 5.25. The lowest BCUT2D eigenvalue weighted by atomic mass is 10.2. The summed E-state index contributed by atoms with van der Waals surface area (Å²) in [5.41, 5.74) is 1.11. The second-order valence-electron chi connectivity index (χ2n) is 5.18. The number of halogens is 1. The number of rotatable bonds is 5. The highest BCUT2D eigenvalue weighted by Gasteiger charge is 2.30. The summed E-state index contributed by atoms with van der Waals surface area (Å²) >= 11 is 6.16. The molecule has 0 amide bonds. The van der Waals surface area contributed by atoms with Gasteiger partial charge < -0.3 is 5.32 Å². The molecule has 0 unspecified atom stereocenters. The summed E-state index contributed by atoms with van der Waals surface area (Å²) in [6.45, 7) is 2.97. The lowest BCUT2D eigenvalue weighted by molar-refractivity contribution is 0.444. The van der Waals surface area contributed by atoms with E-state index in [0.29, 0.717) is 6.04 Å². The van der Waals surface area contributed by atoms with E-state index in [-0.39, 0.29) is 0 Å². The van der Waals surface area contributed by atoms with E-state index in [9.17, 15) is 0 Å². The third kappa shape index (κ3) is 2.76. The number of nitrogens with one attached hydrogen (secondary N) is 1. The maximum absolute atomic E-state index is 6.16.